The van der Waals surface area contributed by atoms with E-state index in [0.29, 0.717) is 17.5 Å². The second-order valence-corrected chi connectivity index (χ2v) is 6.03. The van der Waals surface area contributed by atoms with E-state index in [1.165, 1.54) is 0 Å². The molecule has 2 aromatic carbocycles. The van der Waals surface area contributed by atoms with Crippen molar-refractivity contribution in [3.8, 4) is 22.9 Å². The molecule has 0 radical (unpaired) electrons. The van der Waals surface area contributed by atoms with Crippen LogP contribution in [0, 0.1) is 6.92 Å². The zero-order chi connectivity index (χ0) is 19.2. The van der Waals surface area contributed by atoms with Gasteiger partial charge < -0.3 is 19.3 Å². The summed E-state index contributed by atoms with van der Waals surface area (Å²) in [6.07, 6.45) is -0.669. The molecule has 27 heavy (non-hydrogen) atoms. The lowest BCUT2D eigenvalue weighted by Crippen LogP contribution is -2.35. The molecule has 140 valence electrons. The Labute approximate surface area is 157 Å². The van der Waals surface area contributed by atoms with E-state index in [1.807, 2.05) is 31.2 Å². The van der Waals surface area contributed by atoms with Gasteiger partial charge in [0.1, 0.15) is 11.5 Å². The second-order valence-electron chi connectivity index (χ2n) is 6.03. The number of rotatable bonds is 7. The third-order valence-electron chi connectivity index (χ3n) is 3.93. The van der Waals surface area contributed by atoms with Crippen LogP contribution in [-0.4, -0.2) is 29.3 Å². The molecular weight excluding hydrogens is 346 g/mol. The molecule has 1 aromatic heterocycles. The number of amides is 1. The van der Waals surface area contributed by atoms with Gasteiger partial charge in [-0.25, -0.2) is 0 Å². The minimum absolute atomic E-state index is 0.133. The van der Waals surface area contributed by atoms with Crippen molar-refractivity contribution in [1.82, 2.24) is 15.5 Å². The van der Waals surface area contributed by atoms with Gasteiger partial charge in [-0.05, 0) is 38.1 Å². The van der Waals surface area contributed by atoms with Crippen LogP contribution in [0.5, 0.6) is 11.5 Å². The van der Waals surface area contributed by atoms with Gasteiger partial charge in [-0.1, -0.05) is 35.0 Å². The lowest BCUT2D eigenvalue weighted by molar-refractivity contribution is -0.127. The number of ether oxygens (including phenoxy) is 2. The number of carbonyl (C=O) groups excluding carboxylic acids is 1. The number of hydrogen-bond donors (Lipinski definition) is 1. The number of benzene rings is 2. The van der Waals surface area contributed by atoms with Crippen LogP contribution in [0.1, 0.15) is 18.4 Å². The average Bonchev–Trinajstić information content (AvgIpc) is 3.16. The van der Waals surface area contributed by atoms with E-state index in [2.05, 4.69) is 15.5 Å². The van der Waals surface area contributed by atoms with E-state index in [-0.39, 0.29) is 12.5 Å². The molecule has 0 aliphatic carbocycles. The molecular formula is C20H21N3O4. The highest BCUT2D eigenvalue weighted by Crippen LogP contribution is 2.18. The summed E-state index contributed by atoms with van der Waals surface area (Å²) < 4.78 is 15.9. The molecule has 1 amide bonds. The van der Waals surface area contributed by atoms with Crippen molar-refractivity contribution >= 4 is 5.91 Å². The van der Waals surface area contributed by atoms with Gasteiger partial charge >= 0.3 is 0 Å². The van der Waals surface area contributed by atoms with E-state index in [4.69, 9.17) is 14.0 Å². The molecule has 0 spiro atoms. The summed E-state index contributed by atoms with van der Waals surface area (Å²) in [5.74, 6) is 1.84. The van der Waals surface area contributed by atoms with Crippen LogP contribution >= 0.6 is 0 Å². The first kappa shape index (κ1) is 18.4. The number of nitrogens with zero attached hydrogens (tertiary/aromatic N) is 2. The minimum atomic E-state index is -0.669. The number of nitrogens with one attached hydrogen (secondary N) is 1. The van der Waals surface area contributed by atoms with Crippen molar-refractivity contribution in [3.63, 3.8) is 0 Å². The van der Waals surface area contributed by atoms with Gasteiger partial charge in [0.15, 0.2) is 6.10 Å². The molecule has 0 aliphatic heterocycles. The van der Waals surface area contributed by atoms with E-state index < -0.39 is 6.10 Å². The first-order valence-corrected chi connectivity index (χ1v) is 8.53. The Hall–Kier alpha value is -3.35. The quantitative estimate of drug-likeness (QED) is 0.690. The molecule has 1 heterocycles. The number of methoxy groups -OCH3 is 1. The predicted octanol–water partition coefficient (Wildman–Crippen LogP) is 3.14. The monoisotopic (exact) mass is 367 g/mol. The zero-order valence-electron chi connectivity index (χ0n) is 15.4. The van der Waals surface area contributed by atoms with Gasteiger partial charge in [-0.2, -0.15) is 4.98 Å². The van der Waals surface area contributed by atoms with Crippen LogP contribution in [-0.2, 0) is 11.3 Å². The van der Waals surface area contributed by atoms with Crippen molar-refractivity contribution in [2.75, 3.05) is 7.11 Å². The minimum Gasteiger partial charge on any atom is -0.497 e. The summed E-state index contributed by atoms with van der Waals surface area (Å²) in [5, 5.41) is 6.67. The number of aryl methyl sites for hydroxylation is 1. The standard InChI is InChI=1S/C20H21N3O4/c1-13-4-6-15(7-5-13)19-22-18(27-23-19)12-21-20(24)14(2)26-17-10-8-16(25-3)9-11-17/h4-11,14H,12H2,1-3H3,(H,21,24)/t14-/m0/s1. The topological polar surface area (TPSA) is 86.5 Å². The van der Waals surface area contributed by atoms with Gasteiger partial charge in [-0.15, -0.1) is 0 Å². The first-order valence-electron chi connectivity index (χ1n) is 8.53. The lowest BCUT2D eigenvalue weighted by atomic mass is 10.1. The SMILES string of the molecule is COc1ccc(O[C@@H](C)C(=O)NCc2nc(-c3ccc(C)cc3)no2)cc1. The molecule has 0 saturated heterocycles. The van der Waals surface area contributed by atoms with Crippen LogP contribution < -0.4 is 14.8 Å². The smallest absolute Gasteiger partial charge is 0.261 e. The Kier molecular flexibility index (Phi) is 5.71. The molecule has 0 aliphatic rings. The Morgan fingerprint density at radius 1 is 1.11 bits per heavy atom. The van der Waals surface area contributed by atoms with Crippen LogP contribution in [0.25, 0.3) is 11.4 Å². The Morgan fingerprint density at radius 2 is 1.78 bits per heavy atom. The average molecular weight is 367 g/mol. The van der Waals surface area contributed by atoms with Crippen molar-refractivity contribution in [1.29, 1.82) is 0 Å². The maximum absolute atomic E-state index is 12.2. The fourth-order valence-corrected chi connectivity index (χ4v) is 2.36. The third-order valence-corrected chi connectivity index (χ3v) is 3.93. The lowest BCUT2D eigenvalue weighted by Gasteiger charge is -2.14. The molecule has 0 unspecified atom stereocenters. The molecule has 3 aromatic rings. The molecule has 7 heteroatoms. The van der Waals surface area contributed by atoms with Gasteiger partial charge in [0.25, 0.3) is 5.91 Å². The third kappa shape index (κ3) is 4.84. The zero-order valence-corrected chi connectivity index (χ0v) is 15.4. The molecule has 0 bridgehead atoms. The highest BCUT2D eigenvalue weighted by Gasteiger charge is 2.16. The number of carbonyl (C=O) groups is 1. The van der Waals surface area contributed by atoms with Gasteiger partial charge in [0, 0.05) is 5.56 Å². The van der Waals surface area contributed by atoms with Crippen LogP contribution in [0.2, 0.25) is 0 Å². The van der Waals surface area contributed by atoms with Crippen LogP contribution in [0.3, 0.4) is 0 Å². The van der Waals surface area contributed by atoms with Crippen LogP contribution in [0.15, 0.2) is 53.1 Å². The van der Waals surface area contributed by atoms with Crippen molar-refractivity contribution in [2.24, 2.45) is 0 Å². The van der Waals surface area contributed by atoms with E-state index >= 15 is 0 Å². The van der Waals surface area contributed by atoms with E-state index in [1.54, 1.807) is 38.3 Å². The summed E-state index contributed by atoms with van der Waals surface area (Å²) in [4.78, 5) is 16.5. The van der Waals surface area contributed by atoms with E-state index in [0.717, 1.165) is 16.9 Å². The highest BCUT2D eigenvalue weighted by atomic mass is 16.5. The largest absolute Gasteiger partial charge is 0.497 e. The van der Waals surface area contributed by atoms with Gasteiger partial charge in [0.2, 0.25) is 11.7 Å². The molecule has 1 N–H and O–H groups in total. The molecule has 0 fully saturated rings. The second kappa shape index (κ2) is 8.35. The Balaban J connectivity index is 1.53. The number of aromatic nitrogens is 2. The van der Waals surface area contributed by atoms with Crippen molar-refractivity contribution in [3.05, 3.63) is 60.0 Å². The van der Waals surface area contributed by atoms with Crippen LogP contribution in [0.4, 0.5) is 0 Å². The molecule has 3 rings (SSSR count). The summed E-state index contributed by atoms with van der Waals surface area (Å²) in [6.45, 7) is 3.81. The maximum atomic E-state index is 12.2. The van der Waals surface area contributed by atoms with E-state index in [9.17, 15) is 4.79 Å². The highest BCUT2D eigenvalue weighted by molar-refractivity contribution is 5.80. The molecule has 0 saturated carbocycles. The van der Waals surface area contributed by atoms with Gasteiger partial charge in [-0.3, -0.25) is 4.79 Å². The summed E-state index contributed by atoms with van der Waals surface area (Å²) in [7, 11) is 1.59. The maximum Gasteiger partial charge on any atom is 0.261 e. The Morgan fingerprint density at radius 3 is 2.44 bits per heavy atom. The fourth-order valence-electron chi connectivity index (χ4n) is 2.36. The molecule has 1 atom stereocenters. The Bertz CT molecular complexity index is 888. The molecule has 7 nitrogen and oxygen atoms in total. The number of hydrogen-bond acceptors (Lipinski definition) is 6. The van der Waals surface area contributed by atoms with Crippen molar-refractivity contribution in [2.45, 2.75) is 26.5 Å². The summed E-state index contributed by atoms with van der Waals surface area (Å²) in [5.41, 5.74) is 2.01. The predicted molar refractivity (Wildman–Crippen MR) is 99.4 cm³/mol. The summed E-state index contributed by atoms with van der Waals surface area (Å²) in [6, 6.07) is 14.8. The fraction of sp³-hybridized carbons (Fsp3) is 0.250. The summed E-state index contributed by atoms with van der Waals surface area (Å²) >= 11 is 0. The van der Waals surface area contributed by atoms with Gasteiger partial charge in [0.05, 0.1) is 13.7 Å². The van der Waals surface area contributed by atoms with Crippen molar-refractivity contribution < 1.29 is 18.8 Å². The first-order chi connectivity index (χ1) is 13.0. The normalized spacial score (nSPS) is 11.7.